The van der Waals surface area contributed by atoms with Crippen molar-refractivity contribution in [3.63, 3.8) is 0 Å². The van der Waals surface area contributed by atoms with Gasteiger partial charge in [-0.25, -0.2) is 0 Å². The number of morpholine rings is 1. The molecule has 1 amide bonds. The maximum atomic E-state index is 12.9. The minimum absolute atomic E-state index is 0.0162. The lowest BCUT2D eigenvalue weighted by atomic mass is 10.1. The van der Waals surface area contributed by atoms with Crippen LogP contribution < -0.4 is 0 Å². The molecule has 0 aliphatic carbocycles. The quantitative estimate of drug-likeness (QED) is 0.647. The van der Waals surface area contributed by atoms with Gasteiger partial charge in [0.2, 0.25) is 0 Å². The van der Waals surface area contributed by atoms with Crippen LogP contribution in [0.4, 0.5) is 0 Å². The van der Waals surface area contributed by atoms with Crippen molar-refractivity contribution < 1.29 is 19.4 Å². The molecule has 0 bridgehead atoms. The molecule has 2 atom stereocenters. The molecule has 1 aliphatic heterocycles. The molecule has 3 rings (SSSR count). The van der Waals surface area contributed by atoms with E-state index in [0.29, 0.717) is 51.4 Å². The molecule has 6 nitrogen and oxygen atoms in total. The highest BCUT2D eigenvalue weighted by Crippen LogP contribution is 2.12. The van der Waals surface area contributed by atoms with E-state index in [2.05, 4.69) is 4.90 Å². The molecule has 30 heavy (non-hydrogen) atoms. The molecule has 1 N–H and O–H groups in total. The minimum Gasteiger partial charge on any atom is -0.391 e. The summed E-state index contributed by atoms with van der Waals surface area (Å²) in [4.78, 5) is 17.0. The van der Waals surface area contributed by atoms with Crippen LogP contribution in [0.25, 0.3) is 0 Å². The molecule has 2 aromatic carbocycles. The standard InChI is InChI=1S/C24H32N2O4/c1-29-14-13-26(24(28)21-10-6-3-7-11-21)19-23-18-25(12-15-30-23)17-22(27)16-20-8-4-2-5-9-20/h2-11,22-23,27H,12-19H2,1H3. The van der Waals surface area contributed by atoms with Crippen molar-refractivity contribution in [2.75, 3.05) is 53.0 Å². The van der Waals surface area contributed by atoms with Gasteiger partial charge in [0.25, 0.3) is 5.91 Å². The second kappa shape index (κ2) is 11.8. The van der Waals surface area contributed by atoms with E-state index in [9.17, 15) is 9.90 Å². The minimum atomic E-state index is -0.429. The number of carbonyl (C=O) groups is 1. The second-order valence-corrected chi connectivity index (χ2v) is 7.71. The van der Waals surface area contributed by atoms with Gasteiger partial charge in [-0.1, -0.05) is 48.5 Å². The molecule has 6 heteroatoms. The van der Waals surface area contributed by atoms with E-state index >= 15 is 0 Å². The molecule has 2 aromatic rings. The van der Waals surface area contributed by atoms with Gasteiger partial charge in [0.15, 0.2) is 0 Å². The summed E-state index contributed by atoms with van der Waals surface area (Å²) in [5, 5.41) is 10.5. The Morgan fingerprint density at radius 3 is 2.60 bits per heavy atom. The van der Waals surface area contributed by atoms with Crippen molar-refractivity contribution in [2.24, 2.45) is 0 Å². The maximum Gasteiger partial charge on any atom is 0.254 e. The van der Waals surface area contributed by atoms with Gasteiger partial charge in [-0.2, -0.15) is 0 Å². The third-order valence-corrected chi connectivity index (χ3v) is 5.30. The maximum absolute atomic E-state index is 12.9. The predicted octanol–water partition coefficient (Wildman–Crippen LogP) is 2.08. The Kier molecular flexibility index (Phi) is 8.83. The zero-order chi connectivity index (χ0) is 21.2. The zero-order valence-electron chi connectivity index (χ0n) is 17.7. The van der Waals surface area contributed by atoms with Crippen LogP contribution in [-0.4, -0.2) is 86.1 Å². The van der Waals surface area contributed by atoms with E-state index in [1.807, 2.05) is 60.7 Å². The van der Waals surface area contributed by atoms with Gasteiger partial charge in [-0.05, 0) is 24.1 Å². The van der Waals surface area contributed by atoms with Gasteiger partial charge >= 0.3 is 0 Å². The number of benzene rings is 2. The van der Waals surface area contributed by atoms with Gasteiger partial charge < -0.3 is 19.5 Å². The summed E-state index contributed by atoms with van der Waals surface area (Å²) in [6, 6.07) is 19.3. The molecule has 1 aliphatic rings. The van der Waals surface area contributed by atoms with E-state index in [-0.39, 0.29) is 12.0 Å². The molecule has 162 valence electrons. The fourth-order valence-electron chi connectivity index (χ4n) is 3.79. The Morgan fingerprint density at radius 2 is 1.90 bits per heavy atom. The summed E-state index contributed by atoms with van der Waals surface area (Å²) in [6.07, 6.45) is 0.115. The number of β-amino-alcohol motifs (C(OH)–C–C–N with tert-alkyl or cyclic N) is 1. The molecular weight excluding hydrogens is 380 g/mol. The first-order valence-corrected chi connectivity index (χ1v) is 10.5. The number of methoxy groups -OCH3 is 1. The van der Waals surface area contributed by atoms with Crippen LogP contribution in [0.5, 0.6) is 0 Å². The van der Waals surface area contributed by atoms with E-state index in [0.717, 1.165) is 12.1 Å². The van der Waals surface area contributed by atoms with Crippen LogP contribution in [0.3, 0.4) is 0 Å². The van der Waals surface area contributed by atoms with Crippen molar-refractivity contribution in [3.05, 3.63) is 71.8 Å². The van der Waals surface area contributed by atoms with E-state index in [1.54, 1.807) is 12.0 Å². The van der Waals surface area contributed by atoms with Crippen molar-refractivity contribution in [3.8, 4) is 0 Å². The van der Waals surface area contributed by atoms with Gasteiger partial charge in [0.05, 0.1) is 25.4 Å². The van der Waals surface area contributed by atoms with Gasteiger partial charge in [0.1, 0.15) is 0 Å². The van der Waals surface area contributed by atoms with Gasteiger partial charge in [-0.3, -0.25) is 9.69 Å². The van der Waals surface area contributed by atoms with Gasteiger partial charge in [0, 0.05) is 45.4 Å². The highest BCUT2D eigenvalue weighted by molar-refractivity contribution is 5.94. The summed E-state index contributed by atoms with van der Waals surface area (Å²) in [6.45, 7) is 4.16. The first kappa shape index (κ1) is 22.4. The Labute approximate surface area is 179 Å². The number of aliphatic hydroxyl groups is 1. The predicted molar refractivity (Wildman–Crippen MR) is 117 cm³/mol. The molecular formula is C24H32N2O4. The lowest BCUT2D eigenvalue weighted by Crippen LogP contribution is -2.51. The van der Waals surface area contributed by atoms with Crippen LogP contribution in [0, 0.1) is 0 Å². The smallest absolute Gasteiger partial charge is 0.254 e. The van der Waals surface area contributed by atoms with Crippen LogP contribution in [0.2, 0.25) is 0 Å². The Hall–Kier alpha value is -2.25. The first-order valence-electron chi connectivity index (χ1n) is 10.5. The third-order valence-electron chi connectivity index (χ3n) is 5.30. The number of rotatable bonds is 10. The normalized spacial score (nSPS) is 18.1. The second-order valence-electron chi connectivity index (χ2n) is 7.71. The molecule has 1 fully saturated rings. The summed E-state index contributed by atoms with van der Waals surface area (Å²) in [5.41, 5.74) is 1.80. The molecule has 1 heterocycles. The summed E-state index contributed by atoms with van der Waals surface area (Å²) in [5.74, 6) is -0.0162. The molecule has 0 saturated carbocycles. The fourth-order valence-corrected chi connectivity index (χ4v) is 3.79. The number of aliphatic hydroxyl groups excluding tert-OH is 1. The lowest BCUT2D eigenvalue weighted by molar-refractivity contribution is -0.0515. The average molecular weight is 413 g/mol. The van der Waals surface area contributed by atoms with E-state index in [4.69, 9.17) is 9.47 Å². The number of hydrogen-bond acceptors (Lipinski definition) is 5. The molecule has 2 unspecified atom stereocenters. The Bertz CT molecular complexity index is 756. The Balaban J connectivity index is 1.55. The van der Waals surface area contributed by atoms with Crippen molar-refractivity contribution >= 4 is 5.91 Å². The highest BCUT2D eigenvalue weighted by Gasteiger charge is 2.26. The topological polar surface area (TPSA) is 62.2 Å². The lowest BCUT2D eigenvalue weighted by Gasteiger charge is -2.36. The molecule has 0 radical (unpaired) electrons. The van der Waals surface area contributed by atoms with Crippen molar-refractivity contribution in [1.29, 1.82) is 0 Å². The van der Waals surface area contributed by atoms with Crippen molar-refractivity contribution in [1.82, 2.24) is 9.80 Å². The number of amides is 1. The summed E-state index contributed by atoms with van der Waals surface area (Å²) >= 11 is 0. The summed E-state index contributed by atoms with van der Waals surface area (Å²) in [7, 11) is 1.64. The van der Waals surface area contributed by atoms with Gasteiger partial charge in [-0.15, -0.1) is 0 Å². The van der Waals surface area contributed by atoms with Crippen LogP contribution in [0.1, 0.15) is 15.9 Å². The first-order chi connectivity index (χ1) is 14.7. The molecule has 0 spiro atoms. The number of hydrogen-bond donors (Lipinski definition) is 1. The fraction of sp³-hybridized carbons (Fsp3) is 0.458. The molecule has 1 saturated heterocycles. The van der Waals surface area contributed by atoms with Crippen LogP contribution >= 0.6 is 0 Å². The molecule has 0 aromatic heterocycles. The van der Waals surface area contributed by atoms with E-state index < -0.39 is 6.10 Å². The number of ether oxygens (including phenoxy) is 2. The summed E-state index contributed by atoms with van der Waals surface area (Å²) < 4.78 is 11.1. The Morgan fingerprint density at radius 1 is 1.20 bits per heavy atom. The average Bonchev–Trinajstić information content (AvgIpc) is 2.77. The van der Waals surface area contributed by atoms with E-state index in [1.165, 1.54) is 0 Å². The zero-order valence-corrected chi connectivity index (χ0v) is 17.7. The number of nitrogens with zero attached hydrogens (tertiary/aromatic N) is 2. The van der Waals surface area contributed by atoms with Crippen molar-refractivity contribution in [2.45, 2.75) is 18.6 Å². The number of carbonyl (C=O) groups excluding carboxylic acids is 1. The SMILES string of the molecule is COCCN(CC1CN(CC(O)Cc2ccccc2)CCO1)C(=O)c1ccccc1. The largest absolute Gasteiger partial charge is 0.391 e. The van der Waals surface area contributed by atoms with Crippen LogP contribution in [0.15, 0.2) is 60.7 Å². The van der Waals surface area contributed by atoms with Crippen LogP contribution in [-0.2, 0) is 15.9 Å². The third kappa shape index (κ3) is 6.92. The highest BCUT2D eigenvalue weighted by atomic mass is 16.5. The monoisotopic (exact) mass is 412 g/mol.